The van der Waals surface area contributed by atoms with Crippen molar-refractivity contribution in [3.63, 3.8) is 0 Å². The average Bonchev–Trinajstić information content (AvgIpc) is 3.29. The number of nitrogen functional groups attached to an aromatic ring is 1. The second-order valence-electron chi connectivity index (χ2n) is 7.22. The number of anilines is 1. The summed E-state index contributed by atoms with van der Waals surface area (Å²) in [7, 11) is 1.46. The first-order valence-electron chi connectivity index (χ1n) is 9.80. The number of likely N-dealkylation sites (tertiary alicyclic amines) is 1. The van der Waals surface area contributed by atoms with Gasteiger partial charge in [-0.1, -0.05) is 11.6 Å². The van der Waals surface area contributed by atoms with E-state index in [1.165, 1.54) is 30.6 Å². The van der Waals surface area contributed by atoms with E-state index in [9.17, 15) is 9.59 Å². The number of nitrogens with zero attached hydrogens (tertiary/aromatic N) is 1. The summed E-state index contributed by atoms with van der Waals surface area (Å²) in [6, 6.07) is 4.81. The highest BCUT2D eigenvalue weighted by molar-refractivity contribution is 7.08. The highest BCUT2D eigenvalue weighted by Crippen LogP contribution is 2.29. The number of carbonyl (C=O) groups excluding carboxylic acids is 2. The predicted molar refractivity (Wildman–Crippen MR) is 119 cm³/mol. The maximum atomic E-state index is 12.4. The van der Waals surface area contributed by atoms with Crippen LogP contribution < -0.4 is 15.8 Å². The number of amides is 1. The molecule has 1 aliphatic rings. The van der Waals surface area contributed by atoms with Gasteiger partial charge < -0.3 is 20.5 Å². The molecule has 30 heavy (non-hydrogen) atoms. The zero-order valence-corrected chi connectivity index (χ0v) is 18.4. The topological polar surface area (TPSA) is 93.9 Å². The molecule has 0 atom stereocenters. The highest BCUT2D eigenvalue weighted by atomic mass is 35.5. The van der Waals surface area contributed by atoms with Gasteiger partial charge in [-0.3, -0.25) is 9.69 Å². The fourth-order valence-corrected chi connectivity index (χ4v) is 4.19. The first kappa shape index (κ1) is 22.4. The Labute approximate surface area is 185 Å². The van der Waals surface area contributed by atoms with Crippen molar-refractivity contribution in [2.24, 2.45) is 5.92 Å². The molecule has 1 aromatic carbocycles. The number of nitrogens with one attached hydrogen (secondary N) is 1. The van der Waals surface area contributed by atoms with Crippen molar-refractivity contribution in [1.82, 2.24) is 10.2 Å². The molecule has 0 aliphatic carbocycles. The molecule has 0 unspecified atom stereocenters. The number of carbonyl (C=O) groups is 2. The Morgan fingerprint density at radius 3 is 2.77 bits per heavy atom. The fraction of sp³-hybridized carbons (Fsp3) is 0.429. The summed E-state index contributed by atoms with van der Waals surface area (Å²) in [5, 5.41) is 7.06. The molecular formula is C21H26ClN3O4S. The van der Waals surface area contributed by atoms with Crippen LogP contribution in [0.4, 0.5) is 5.69 Å². The van der Waals surface area contributed by atoms with Gasteiger partial charge >= 0.3 is 5.97 Å². The van der Waals surface area contributed by atoms with Crippen LogP contribution in [0.5, 0.6) is 5.75 Å². The van der Waals surface area contributed by atoms with Crippen LogP contribution in [0.1, 0.15) is 33.6 Å². The number of ether oxygens (including phenoxy) is 2. The second-order valence-corrected chi connectivity index (χ2v) is 8.40. The predicted octanol–water partition coefficient (Wildman–Crippen LogP) is 3.29. The van der Waals surface area contributed by atoms with Crippen molar-refractivity contribution in [3.8, 4) is 5.75 Å². The van der Waals surface area contributed by atoms with Crippen LogP contribution in [0.15, 0.2) is 29.0 Å². The first-order chi connectivity index (χ1) is 14.5. The summed E-state index contributed by atoms with van der Waals surface area (Å²) in [6.07, 6.45) is 2.00. The molecule has 0 bridgehead atoms. The SMILES string of the molecule is COc1cc(N)c(Cl)cc1C(=O)OCCN1CCC(CNC(=O)c2ccsc2)CC1. The molecule has 2 heterocycles. The van der Waals surface area contributed by atoms with Crippen LogP contribution in [-0.4, -0.2) is 56.7 Å². The highest BCUT2D eigenvalue weighted by Gasteiger charge is 2.21. The summed E-state index contributed by atoms with van der Waals surface area (Å²) in [5.74, 6) is 0.309. The monoisotopic (exact) mass is 451 g/mol. The molecular weight excluding hydrogens is 426 g/mol. The van der Waals surface area contributed by atoms with Crippen LogP contribution in [0.3, 0.4) is 0 Å². The summed E-state index contributed by atoms with van der Waals surface area (Å²) in [6.45, 7) is 3.45. The number of halogens is 1. The summed E-state index contributed by atoms with van der Waals surface area (Å²) in [4.78, 5) is 26.7. The lowest BCUT2D eigenvalue weighted by Crippen LogP contribution is -2.40. The van der Waals surface area contributed by atoms with Crippen molar-refractivity contribution in [2.45, 2.75) is 12.8 Å². The lowest BCUT2D eigenvalue weighted by atomic mass is 9.97. The smallest absolute Gasteiger partial charge is 0.342 e. The third-order valence-corrected chi connectivity index (χ3v) is 6.23. The second kappa shape index (κ2) is 10.7. The van der Waals surface area contributed by atoms with E-state index in [0.29, 0.717) is 30.4 Å². The largest absolute Gasteiger partial charge is 0.496 e. The van der Waals surface area contributed by atoms with Gasteiger partial charge in [-0.25, -0.2) is 4.79 Å². The standard InChI is InChI=1S/C21H26ClN3O4S/c1-28-19-11-18(23)17(22)10-16(19)21(27)29-8-7-25-5-2-14(3-6-25)12-24-20(26)15-4-9-30-13-15/h4,9-11,13-14H,2-3,5-8,12,23H2,1H3,(H,24,26). The molecule has 7 nitrogen and oxygen atoms in total. The summed E-state index contributed by atoms with van der Waals surface area (Å²) >= 11 is 7.53. The van der Waals surface area contributed by atoms with Crippen LogP contribution in [0.2, 0.25) is 5.02 Å². The number of rotatable bonds is 8. The van der Waals surface area contributed by atoms with Crippen molar-refractivity contribution >= 4 is 40.5 Å². The van der Waals surface area contributed by atoms with E-state index in [-0.39, 0.29) is 23.1 Å². The Kier molecular flexibility index (Phi) is 7.95. The summed E-state index contributed by atoms with van der Waals surface area (Å²) < 4.78 is 10.6. The molecule has 0 radical (unpaired) electrons. The Hall–Kier alpha value is -2.29. The number of hydrogen-bond donors (Lipinski definition) is 2. The number of benzene rings is 1. The molecule has 0 saturated carbocycles. The number of nitrogens with two attached hydrogens (primary N) is 1. The van der Waals surface area contributed by atoms with Gasteiger partial charge in [0.1, 0.15) is 17.9 Å². The number of hydrogen-bond acceptors (Lipinski definition) is 7. The van der Waals surface area contributed by atoms with Gasteiger partial charge in [-0.2, -0.15) is 11.3 Å². The van der Waals surface area contributed by atoms with Crippen molar-refractivity contribution < 1.29 is 19.1 Å². The van der Waals surface area contributed by atoms with E-state index in [0.717, 1.165) is 31.5 Å². The quantitative estimate of drug-likeness (QED) is 0.472. The number of methoxy groups -OCH3 is 1. The normalized spacial score (nSPS) is 15.0. The minimum absolute atomic E-state index is 0.0104. The van der Waals surface area contributed by atoms with Crippen molar-refractivity contribution in [1.29, 1.82) is 0 Å². The van der Waals surface area contributed by atoms with Crippen molar-refractivity contribution in [3.05, 3.63) is 45.1 Å². The number of piperidine rings is 1. The van der Waals surface area contributed by atoms with Gasteiger partial charge in [0.15, 0.2) is 0 Å². The van der Waals surface area contributed by atoms with Crippen LogP contribution in [0.25, 0.3) is 0 Å². The van der Waals surface area contributed by atoms with Crippen LogP contribution in [-0.2, 0) is 4.74 Å². The molecule has 9 heteroatoms. The Morgan fingerprint density at radius 2 is 2.10 bits per heavy atom. The molecule has 1 aromatic heterocycles. The number of thiophene rings is 1. The molecule has 2 aromatic rings. The van der Waals surface area contributed by atoms with Gasteiger partial charge in [0, 0.05) is 30.1 Å². The van der Waals surface area contributed by atoms with E-state index in [4.69, 9.17) is 26.8 Å². The fourth-order valence-electron chi connectivity index (χ4n) is 3.39. The molecule has 1 saturated heterocycles. The van der Waals surface area contributed by atoms with Gasteiger partial charge in [0.25, 0.3) is 5.91 Å². The minimum Gasteiger partial charge on any atom is -0.496 e. The lowest BCUT2D eigenvalue weighted by Gasteiger charge is -2.31. The van der Waals surface area contributed by atoms with Gasteiger partial charge in [-0.15, -0.1) is 0 Å². The van der Waals surface area contributed by atoms with E-state index >= 15 is 0 Å². The van der Waals surface area contributed by atoms with Gasteiger partial charge in [0.05, 0.1) is 17.8 Å². The van der Waals surface area contributed by atoms with Gasteiger partial charge in [-0.05, 0) is 49.4 Å². The van der Waals surface area contributed by atoms with E-state index in [1.54, 1.807) is 0 Å². The van der Waals surface area contributed by atoms with Crippen LogP contribution >= 0.6 is 22.9 Å². The zero-order chi connectivity index (χ0) is 21.5. The molecule has 0 spiro atoms. The Bertz CT molecular complexity index is 867. The van der Waals surface area contributed by atoms with Crippen LogP contribution in [0, 0.1) is 5.92 Å². The molecule has 3 rings (SSSR count). The zero-order valence-electron chi connectivity index (χ0n) is 16.9. The summed E-state index contributed by atoms with van der Waals surface area (Å²) in [5.41, 5.74) is 7.07. The van der Waals surface area contributed by atoms with E-state index < -0.39 is 5.97 Å². The molecule has 162 valence electrons. The third-order valence-electron chi connectivity index (χ3n) is 5.22. The Balaban J connectivity index is 1.37. The van der Waals surface area contributed by atoms with Crippen molar-refractivity contribution in [2.75, 3.05) is 45.6 Å². The molecule has 1 amide bonds. The molecule has 3 N–H and O–H groups in total. The molecule has 1 aliphatic heterocycles. The lowest BCUT2D eigenvalue weighted by molar-refractivity contribution is 0.0438. The maximum absolute atomic E-state index is 12.4. The van der Waals surface area contributed by atoms with E-state index in [2.05, 4.69) is 10.2 Å². The Morgan fingerprint density at radius 1 is 1.33 bits per heavy atom. The van der Waals surface area contributed by atoms with E-state index in [1.807, 2.05) is 16.8 Å². The third kappa shape index (κ3) is 5.87. The van der Waals surface area contributed by atoms with Gasteiger partial charge in [0.2, 0.25) is 0 Å². The first-order valence-corrected chi connectivity index (χ1v) is 11.1. The molecule has 1 fully saturated rings. The minimum atomic E-state index is -0.486. The average molecular weight is 452 g/mol. The maximum Gasteiger partial charge on any atom is 0.342 e. The number of esters is 1.